The first kappa shape index (κ1) is 15.7. The number of hydrogen-bond donors (Lipinski definition) is 1. The van der Waals surface area contributed by atoms with Crippen LogP contribution in [0.25, 0.3) is 10.6 Å². The van der Waals surface area contributed by atoms with Crippen LogP contribution in [0.2, 0.25) is 0 Å². The number of aryl methyl sites for hydroxylation is 1. The minimum atomic E-state index is 0.0439. The van der Waals surface area contributed by atoms with Gasteiger partial charge in [-0.05, 0) is 36.6 Å². The van der Waals surface area contributed by atoms with Gasteiger partial charge in [0, 0.05) is 17.0 Å². The molecular formula is C17H22N2OS2. The first-order chi connectivity index (χ1) is 10.6. The average molecular weight is 335 g/mol. The number of hydrogen-bond acceptors (Lipinski definition) is 4. The fourth-order valence-corrected chi connectivity index (χ4v) is 4.82. The molecule has 2 aromatic rings. The molecule has 1 saturated carbocycles. The largest absolute Gasteiger partial charge is 0.348 e. The van der Waals surface area contributed by atoms with Gasteiger partial charge in [0.1, 0.15) is 9.88 Å². The van der Waals surface area contributed by atoms with Gasteiger partial charge in [-0.3, -0.25) is 4.79 Å². The van der Waals surface area contributed by atoms with E-state index in [4.69, 9.17) is 0 Å². The molecule has 2 aromatic heterocycles. The second-order valence-electron chi connectivity index (χ2n) is 6.29. The highest BCUT2D eigenvalue weighted by Gasteiger charge is 2.29. The Bertz CT molecular complexity index is 648. The zero-order valence-electron chi connectivity index (χ0n) is 13.3. The van der Waals surface area contributed by atoms with Crippen molar-refractivity contribution in [1.29, 1.82) is 0 Å². The van der Waals surface area contributed by atoms with Crippen LogP contribution in [0.15, 0.2) is 16.8 Å². The van der Waals surface area contributed by atoms with Gasteiger partial charge in [0.2, 0.25) is 0 Å². The molecule has 1 aliphatic carbocycles. The van der Waals surface area contributed by atoms with Gasteiger partial charge in [-0.1, -0.05) is 26.7 Å². The van der Waals surface area contributed by atoms with Gasteiger partial charge in [0.25, 0.3) is 5.91 Å². The molecule has 0 aromatic carbocycles. The van der Waals surface area contributed by atoms with E-state index < -0.39 is 0 Å². The maximum atomic E-state index is 12.6. The van der Waals surface area contributed by atoms with Crippen LogP contribution in [-0.4, -0.2) is 16.9 Å². The Hall–Kier alpha value is -1.20. The van der Waals surface area contributed by atoms with Crippen molar-refractivity contribution in [3.63, 3.8) is 0 Å². The second kappa shape index (κ2) is 6.50. The van der Waals surface area contributed by atoms with E-state index in [1.54, 1.807) is 11.3 Å². The van der Waals surface area contributed by atoms with Gasteiger partial charge < -0.3 is 5.32 Å². The monoisotopic (exact) mass is 334 g/mol. The molecule has 3 atom stereocenters. The number of thiophene rings is 1. The summed E-state index contributed by atoms with van der Waals surface area (Å²) in [4.78, 5) is 18.0. The van der Waals surface area contributed by atoms with Crippen molar-refractivity contribution in [2.24, 2.45) is 11.8 Å². The molecule has 1 fully saturated rings. The lowest BCUT2D eigenvalue weighted by molar-refractivity contribution is 0.0894. The van der Waals surface area contributed by atoms with Gasteiger partial charge in [-0.2, -0.15) is 11.3 Å². The summed E-state index contributed by atoms with van der Waals surface area (Å²) in [5.74, 6) is 1.27. The number of nitrogens with one attached hydrogen (secondary N) is 1. The average Bonchev–Trinajstić information content (AvgIpc) is 3.13. The highest BCUT2D eigenvalue weighted by molar-refractivity contribution is 7.17. The lowest BCUT2D eigenvalue weighted by atomic mass is 9.78. The quantitative estimate of drug-likeness (QED) is 0.881. The summed E-state index contributed by atoms with van der Waals surface area (Å²) < 4.78 is 0. The summed E-state index contributed by atoms with van der Waals surface area (Å²) in [5, 5.41) is 8.30. The van der Waals surface area contributed by atoms with Gasteiger partial charge >= 0.3 is 0 Å². The second-order valence-corrected chi connectivity index (χ2v) is 8.07. The molecule has 2 heterocycles. The lowest BCUT2D eigenvalue weighted by Gasteiger charge is -2.34. The van der Waals surface area contributed by atoms with Crippen molar-refractivity contribution < 1.29 is 4.79 Å². The molecule has 0 bridgehead atoms. The zero-order valence-corrected chi connectivity index (χ0v) is 14.9. The molecule has 1 aliphatic rings. The minimum absolute atomic E-state index is 0.0439. The number of aromatic nitrogens is 1. The first-order valence-corrected chi connectivity index (χ1v) is 9.63. The fourth-order valence-electron chi connectivity index (χ4n) is 3.14. The van der Waals surface area contributed by atoms with Crippen LogP contribution in [-0.2, 0) is 0 Å². The lowest BCUT2D eigenvalue weighted by Crippen LogP contribution is -2.43. The molecular weight excluding hydrogens is 312 g/mol. The van der Waals surface area contributed by atoms with Crippen LogP contribution in [0.3, 0.4) is 0 Å². The topological polar surface area (TPSA) is 42.0 Å². The van der Waals surface area contributed by atoms with Gasteiger partial charge in [-0.25, -0.2) is 4.98 Å². The minimum Gasteiger partial charge on any atom is -0.348 e. The van der Waals surface area contributed by atoms with E-state index in [1.165, 1.54) is 24.2 Å². The highest BCUT2D eigenvalue weighted by atomic mass is 32.1. The van der Waals surface area contributed by atoms with Crippen LogP contribution in [0.5, 0.6) is 0 Å². The van der Waals surface area contributed by atoms with E-state index in [9.17, 15) is 4.79 Å². The van der Waals surface area contributed by atoms with Crippen molar-refractivity contribution in [3.8, 4) is 10.6 Å². The van der Waals surface area contributed by atoms with Gasteiger partial charge in [0.05, 0.1) is 5.69 Å². The van der Waals surface area contributed by atoms with Crippen LogP contribution in [0, 0.1) is 18.8 Å². The van der Waals surface area contributed by atoms with Crippen LogP contribution < -0.4 is 5.32 Å². The van der Waals surface area contributed by atoms with Crippen molar-refractivity contribution >= 4 is 28.6 Å². The molecule has 5 heteroatoms. The van der Waals surface area contributed by atoms with Crippen LogP contribution in [0.1, 0.15) is 48.5 Å². The Morgan fingerprint density at radius 1 is 1.36 bits per heavy atom. The standard InChI is InChI=1S/C17H22N2OS2/c1-10-5-4-6-14(11(10)2)19-16(20)15-12(3)18-17(22-15)13-7-8-21-9-13/h7-11,14H,4-6H2,1-3H3,(H,19,20). The molecule has 22 heavy (non-hydrogen) atoms. The maximum absolute atomic E-state index is 12.6. The normalized spacial score (nSPS) is 25.1. The summed E-state index contributed by atoms with van der Waals surface area (Å²) in [7, 11) is 0. The van der Waals surface area contributed by atoms with E-state index >= 15 is 0 Å². The molecule has 3 rings (SSSR count). The van der Waals surface area contributed by atoms with Crippen molar-refractivity contribution in [2.75, 3.05) is 0 Å². The van der Waals surface area contributed by atoms with Crippen molar-refractivity contribution in [3.05, 3.63) is 27.4 Å². The molecule has 1 N–H and O–H groups in total. The van der Waals surface area contributed by atoms with E-state index in [-0.39, 0.29) is 5.91 Å². The van der Waals surface area contributed by atoms with Crippen LogP contribution >= 0.6 is 22.7 Å². The number of carbonyl (C=O) groups is 1. The summed E-state index contributed by atoms with van der Waals surface area (Å²) in [5.41, 5.74) is 1.94. The number of amides is 1. The van der Waals surface area contributed by atoms with Crippen molar-refractivity contribution in [1.82, 2.24) is 10.3 Å². The SMILES string of the molecule is Cc1nc(-c2ccsc2)sc1C(=O)NC1CCCC(C)C1C. The van der Waals surface area contributed by atoms with Crippen molar-refractivity contribution in [2.45, 2.75) is 46.1 Å². The van der Waals surface area contributed by atoms with Gasteiger partial charge in [0.15, 0.2) is 0 Å². The molecule has 0 saturated heterocycles. The van der Waals surface area contributed by atoms with Gasteiger partial charge in [-0.15, -0.1) is 11.3 Å². The number of nitrogens with zero attached hydrogens (tertiary/aromatic N) is 1. The predicted octanol–water partition coefficient (Wildman–Crippen LogP) is 4.73. The first-order valence-electron chi connectivity index (χ1n) is 7.87. The summed E-state index contributed by atoms with van der Waals surface area (Å²) in [6.07, 6.45) is 3.57. The Morgan fingerprint density at radius 3 is 2.91 bits per heavy atom. The molecule has 0 spiro atoms. The summed E-state index contributed by atoms with van der Waals surface area (Å²) >= 11 is 3.15. The van der Waals surface area contributed by atoms with Crippen LogP contribution in [0.4, 0.5) is 0 Å². The summed E-state index contributed by atoms with van der Waals surface area (Å²) in [6, 6.07) is 2.34. The molecule has 3 nitrogen and oxygen atoms in total. The van der Waals surface area contributed by atoms with E-state index in [2.05, 4.69) is 35.6 Å². The number of thiazole rings is 1. The Labute approximate surface area is 139 Å². The van der Waals surface area contributed by atoms with E-state index in [0.717, 1.165) is 27.6 Å². The fraction of sp³-hybridized carbons (Fsp3) is 0.529. The number of carbonyl (C=O) groups excluding carboxylic acids is 1. The zero-order chi connectivity index (χ0) is 15.7. The Morgan fingerprint density at radius 2 is 2.18 bits per heavy atom. The third-order valence-electron chi connectivity index (χ3n) is 4.79. The molecule has 0 radical (unpaired) electrons. The Balaban J connectivity index is 1.75. The highest BCUT2D eigenvalue weighted by Crippen LogP contribution is 2.32. The molecule has 0 aliphatic heterocycles. The molecule has 3 unspecified atom stereocenters. The summed E-state index contributed by atoms with van der Waals surface area (Å²) in [6.45, 7) is 6.47. The Kier molecular flexibility index (Phi) is 4.64. The third-order valence-corrected chi connectivity index (χ3v) is 6.68. The third kappa shape index (κ3) is 3.10. The smallest absolute Gasteiger partial charge is 0.263 e. The maximum Gasteiger partial charge on any atom is 0.263 e. The van der Waals surface area contributed by atoms with E-state index in [1.807, 2.05) is 12.3 Å². The van der Waals surface area contributed by atoms with E-state index in [0.29, 0.717) is 17.9 Å². The molecule has 1 amide bonds. The predicted molar refractivity (Wildman–Crippen MR) is 93.6 cm³/mol. The number of rotatable bonds is 3. The molecule has 118 valence electrons.